The lowest BCUT2D eigenvalue weighted by Gasteiger charge is -2.26. The fourth-order valence-corrected chi connectivity index (χ4v) is 1.77. The molecule has 0 aliphatic rings. The van der Waals surface area contributed by atoms with Crippen LogP contribution in [0, 0.1) is 5.41 Å². The summed E-state index contributed by atoms with van der Waals surface area (Å²) >= 11 is 4.97. The summed E-state index contributed by atoms with van der Waals surface area (Å²) in [5.74, 6) is 0.191. The minimum atomic E-state index is -2.88. The van der Waals surface area contributed by atoms with Crippen LogP contribution in [0.2, 0.25) is 0 Å². The van der Waals surface area contributed by atoms with E-state index < -0.39 is 9.84 Å². The fourth-order valence-electron chi connectivity index (χ4n) is 1.03. The van der Waals surface area contributed by atoms with Gasteiger partial charge in [0.2, 0.25) is 0 Å². The summed E-state index contributed by atoms with van der Waals surface area (Å²) in [7, 11) is -0.978. The molecule has 0 heterocycles. The van der Waals surface area contributed by atoms with Gasteiger partial charge in [-0.25, -0.2) is 8.42 Å². The van der Waals surface area contributed by atoms with E-state index >= 15 is 0 Å². The van der Waals surface area contributed by atoms with E-state index in [4.69, 9.17) is 18.0 Å². The summed E-state index contributed by atoms with van der Waals surface area (Å²) in [5, 5.41) is 0. The van der Waals surface area contributed by atoms with E-state index in [0.717, 1.165) is 13.0 Å². The van der Waals surface area contributed by atoms with Crippen molar-refractivity contribution in [1.29, 1.82) is 0 Å². The second-order valence-corrected chi connectivity index (χ2v) is 7.63. The Morgan fingerprint density at radius 2 is 1.88 bits per heavy atom. The highest BCUT2D eigenvalue weighted by Gasteiger charge is 2.21. The minimum Gasteiger partial charge on any atom is -0.393 e. The van der Waals surface area contributed by atoms with Crippen LogP contribution in [0.5, 0.6) is 0 Å². The third-order valence-electron chi connectivity index (χ3n) is 2.63. The molecule has 0 aromatic rings. The first kappa shape index (κ1) is 15.8. The molecule has 0 aliphatic carbocycles. The Hall–Kier alpha value is -0.200. The third-order valence-corrected chi connectivity index (χ3v) is 4.11. The van der Waals surface area contributed by atoms with Crippen molar-refractivity contribution in [2.45, 2.75) is 20.3 Å². The Bertz CT molecular complexity index is 337. The zero-order valence-electron chi connectivity index (χ0n) is 10.5. The van der Waals surface area contributed by atoms with Gasteiger partial charge in [-0.2, -0.15) is 0 Å². The first-order valence-electron chi connectivity index (χ1n) is 5.21. The van der Waals surface area contributed by atoms with Gasteiger partial charge in [0.25, 0.3) is 0 Å². The predicted octanol–water partition coefficient (Wildman–Crippen LogP) is 0.665. The van der Waals surface area contributed by atoms with Crippen LogP contribution in [0.25, 0.3) is 0 Å². The number of hydrogen-bond acceptors (Lipinski definition) is 4. The first-order chi connectivity index (χ1) is 7.04. The largest absolute Gasteiger partial charge is 0.393 e. The summed E-state index contributed by atoms with van der Waals surface area (Å²) in [6, 6.07) is 0. The second-order valence-electron chi connectivity index (χ2n) is 4.93. The van der Waals surface area contributed by atoms with Crippen LogP contribution in [0.1, 0.15) is 20.3 Å². The molecule has 0 unspecified atom stereocenters. The molecule has 16 heavy (non-hydrogen) atoms. The summed E-state index contributed by atoms with van der Waals surface area (Å²) in [6.45, 7) is 5.34. The Balaban J connectivity index is 4.00. The lowest BCUT2D eigenvalue weighted by molar-refractivity contribution is 0.305. The van der Waals surface area contributed by atoms with Gasteiger partial charge in [0.05, 0.1) is 10.7 Å². The van der Waals surface area contributed by atoms with Gasteiger partial charge in [-0.05, 0) is 20.0 Å². The Morgan fingerprint density at radius 3 is 2.25 bits per heavy atom. The molecule has 0 spiro atoms. The van der Waals surface area contributed by atoms with E-state index in [1.807, 2.05) is 25.8 Å². The number of thiocarbonyl (C=S) groups is 1. The maximum Gasteiger partial charge on any atom is 0.148 e. The van der Waals surface area contributed by atoms with Crippen LogP contribution in [-0.2, 0) is 9.84 Å². The Kier molecular flexibility index (Phi) is 5.86. The SMILES string of the molecule is CN(CCC(C)(C)C(N)=S)CCS(C)(=O)=O. The third kappa shape index (κ3) is 7.14. The topological polar surface area (TPSA) is 63.4 Å². The van der Waals surface area contributed by atoms with E-state index in [1.165, 1.54) is 6.26 Å². The minimum absolute atomic E-state index is 0.172. The quantitative estimate of drug-likeness (QED) is 0.686. The van der Waals surface area contributed by atoms with E-state index in [1.54, 1.807) is 0 Å². The monoisotopic (exact) mass is 266 g/mol. The van der Waals surface area contributed by atoms with Crippen molar-refractivity contribution < 1.29 is 8.42 Å². The molecular weight excluding hydrogens is 244 g/mol. The molecule has 0 aromatic carbocycles. The smallest absolute Gasteiger partial charge is 0.148 e. The molecular formula is C10H22N2O2S2. The van der Waals surface area contributed by atoms with Crippen LogP contribution >= 0.6 is 12.2 Å². The molecule has 0 bridgehead atoms. The number of nitrogens with two attached hydrogens (primary N) is 1. The highest BCUT2D eigenvalue weighted by Crippen LogP contribution is 2.20. The van der Waals surface area contributed by atoms with Gasteiger partial charge in [-0.1, -0.05) is 26.1 Å². The maximum absolute atomic E-state index is 11.0. The van der Waals surface area contributed by atoms with Crippen molar-refractivity contribution >= 4 is 27.0 Å². The lowest BCUT2D eigenvalue weighted by atomic mass is 9.89. The highest BCUT2D eigenvalue weighted by atomic mass is 32.2. The van der Waals surface area contributed by atoms with Gasteiger partial charge in [-0.3, -0.25) is 0 Å². The van der Waals surface area contributed by atoms with E-state index in [2.05, 4.69) is 0 Å². The Morgan fingerprint density at radius 1 is 1.38 bits per heavy atom. The average molecular weight is 266 g/mol. The van der Waals surface area contributed by atoms with Crippen molar-refractivity contribution in [3.05, 3.63) is 0 Å². The number of sulfone groups is 1. The van der Waals surface area contributed by atoms with Crippen LogP contribution in [0.3, 0.4) is 0 Å². The van der Waals surface area contributed by atoms with E-state index in [-0.39, 0.29) is 11.2 Å². The van der Waals surface area contributed by atoms with Gasteiger partial charge in [0.15, 0.2) is 0 Å². The predicted molar refractivity (Wildman–Crippen MR) is 72.4 cm³/mol. The molecule has 96 valence electrons. The van der Waals surface area contributed by atoms with Crippen molar-refractivity contribution in [3.8, 4) is 0 Å². The molecule has 0 aromatic heterocycles. The number of rotatable bonds is 7. The van der Waals surface area contributed by atoms with E-state index in [0.29, 0.717) is 11.5 Å². The Labute approximate surface area is 104 Å². The lowest BCUT2D eigenvalue weighted by Crippen LogP contribution is -2.35. The zero-order chi connectivity index (χ0) is 13.0. The van der Waals surface area contributed by atoms with Crippen molar-refractivity contribution in [1.82, 2.24) is 4.90 Å². The van der Waals surface area contributed by atoms with Crippen molar-refractivity contribution in [3.63, 3.8) is 0 Å². The standard InChI is InChI=1S/C10H22N2O2S2/c1-10(2,9(11)15)5-6-12(3)7-8-16(4,13)14/h5-8H2,1-4H3,(H2,11,15). The van der Waals surface area contributed by atoms with Gasteiger partial charge < -0.3 is 10.6 Å². The van der Waals surface area contributed by atoms with Crippen molar-refractivity contribution in [2.24, 2.45) is 11.1 Å². The summed E-state index contributed by atoms with van der Waals surface area (Å²) in [4.78, 5) is 2.49. The van der Waals surface area contributed by atoms with Crippen LogP contribution in [-0.4, -0.2) is 50.5 Å². The van der Waals surface area contributed by atoms with E-state index in [9.17, 15) is 8.42 Å². The maximum atomic E-state index is 11.0. The molecule has 0 amide bonds. The van der Waals surface area contributed by atoms with Crippen LogP contribution < -0.4 is 5.73 Å². The number of nitrogens with zero attached hydrogens (tertiary/aromatic N) is 1. The molecule has 0 fully saturated rings. The molecule has 0 aliphatic heterocycles. The molecule has 4 nitrogen and oxygen atoms in total. The molecule has 0 saturated heterocycles. The summed E-state index contributed by atoms with van der Waals surface area (Å²) < 4.78 is 22.0. The fraction of sp³-hybridized carbons (Fsp3) is 0.900. The second kappa shape index (κ2) is 5.93. The molecule has 6 heteroatoms. The average Bonchev–Trinajstić information content (AvgIpc) is 2.10. The van der Waals surface area contributed by atoms with Gasteiger partial charge in [0.1, 0.15) is 9.84 Å². The zero-order valence-corrected chi connectivity index (χ0v) is 12.1. The normalized spacial score (nSPS) is 13.1. The van der Waals surface area contributed by atoms with Crippen LogP contribution in [0.15, 0.2) is 0 Å². The molecule has 2 N–H and O–H groups in total. The molecule has 0 saturated carbocycles. The van der Waals surface area contributed by atoms with Crippen molar-refractivity contribution in [2.75, 3.05) is 32.1 Å². The molecule has 0 radical (unpaired) electrons. The molecule has 0 rings (SSSR count). The summed E-state index contributed by atoms with van der Waals surface area (Å²) in [6.07, 6.45) is 2.09. The van der Waals surface area contributed by atoms with Gasteiger partial charge in [0, 0.05) is 18.2 Å². The van der Waals surface area contributed by atoms with Gasteiger partial charge in [-0.15, -0.1) is 0 Å². The first-order valence-corrected chi connectivity index (χ1v) is 7.68. The molecule has 0 atom stereocenters. The number of hydrogen-bond donors (Lipinski definition) is 1. The van der Waals surface area contributed by atoms with Crippen LogP contribution in [0.4, 0.5) is 0 Å². The highest BCUT2D eigenvalue weighted by molar-refractivity contribution is 7.90. The van der Waals surface area contributed by atoms with Gasteiger partial charge >= 0.3 is 0 Å². The summed E-state index contributed by atoms with van der Waals surface area (Å²) in [5.41, 5.74) is 5.44.